The molecule has 1 saturated heterocycles. The van der Waals surface area contributed by atoms with Gasteiger partial charge in [-0.2, -0.15) is 4.99 Å². The molecule has 1 atom stereocenters. The van der Waals surface area contributed by atoms with E-state index < -0.39 is 36.0 Å². The van der Waals surface area contributed by atoms with Gasteiger partial charge in [0.25, 0.3) is 5.92 Å². The maximum Gasteiger partial charge on any atom is 0.573 e. The van der Waals surface area contributed by atoms with E-state index in [2.05, 4.69) is 25.1 Å². The number of carbonyl (C=O) groups excluding carboxylic acids is 2. The number of aromatic nitrogens is 3. The van der Waals surface area contributed by atoms with Crippen molar-refractivity contribution in [2.24, 2.45) is 4.99 Å². The van der Waals surface area contributed by atoms with Gasteiger partial charge < -0.3 is 10.1 Å². The number of nitrogens with zero attached hydrogens (tertiary/aromatic N) is 5. The summed E-state index contributed by atoms with van der Waals surface area (Å²) in [6.07, 6.45) is -0.806. The molecule has 0 bridgehead atoms. The van der Waals surface area contributed by atoms with Gasteiger partial charge in [-0.25, -0.2) is 27.6 Å². The van der Waals surface area contributed by atoms with Gasteiger partial charge in [0.1, 0.15) is 17.9 Å². The Morgan fingerprint density at radius 3 is 2.53 bits per heavy atom. The average molecular weight is 673 g/mol. The highest BCUT2D eigenvalue weighted by Crippen LogP contribution is 2.58. The van der Waals surface area contributed by atoms with Crippen LogP contribution in [0.4, 0.5) is 42.5 Å². The molecule has 1 N–H and O–H groups in total. The Balaban J connectivity index is 1.12. The molecule has 2 heterocycles. The average Bonchev–Trinajstić information content (AvgIpc) is 3.29. The van der Waals surface area contributed by atoms with Crippen molar-refractivity contribution < 1.29 is 40.7 Å². The van der Waals surface area contributed by atoms with Crippen LogP contribution in [0.25, 0.3) is 17.8 Å². The maximum absolute atomic E-state index is 14.9. The number of alkyl halides is 5. The summed E-state index contributed by atoms with van der Waals surface area (Å²) in [5, 5.41) is 6.54. The standard InChI is InChI=1S/C31H22F6N6O3S/c1-17-2-9-21(22-14-30(22,33)34)25(12-17)43-27(44)15-47-29(43)40-28(45)39-24-10-3-18(13-23(24)32)4-11-26-38-16-42(41-26)19-5-7-20(8-6-19)46-31(35,36)37/h2-13,16,22H,14-15H2,1H3,(H,39,45)/b11-4+,40-29-. The molecule has 47 heavy (non-hydrogen) atoms. The molecule has 16 heteroatoms. The zero-order chi connectivity index (χ0) is 33.5. The lowest BCUT2D eigenvalue weighted by Crippen LogP contribution is -2.31. The summed E-state index contributed by atoms with van der Waals surface area (Å²) in [5.74, 6) is -5.33. The molecule has 2 aliphatic rings. The van der Waals surface area contributed by atoms with Gasteiger partial charge >= 0.3 is 12.4 Å². The number of amides is 3. The largest absolute Gasteiger partial charge is 0.573 e. The molecule has 9 nitrogen and oxygen atoms in total. The zero-order valence-electron chi connectivity index (χ0n) is 24.1. The molecule has 0 radical (unpaired) electrons. The van der Waals surface area contributed by atoms with Gasteiger partial charge in [0.15, 0.2) is 11.0 Å². The first-order valence-electron chi connectivity index (χ1n) is 13.8. The van der Waals surface area contributed by atoms with E-state index in [4.69, 9.17) is 0 Å². The second-order valence-corrected chi connectivity index (χ2v) is 11.5. The highest BCUT2D eigenvalue weighted by Gasteiger charge is 2.58. The van der Waals surface area contributed by atoms with Crippen LogP contribution in [0.2, 0.25) is 0 Å². The predicted molar refractivity (Wildman–Crippen MR) is 163 cm³/mol. The van der Waals surface area contributed by atoms with Crippen LogP contribution in [0, 0.1) is 12.7 Å². The third-order valence-corrected chi connectivity index (χ3v) is 8.02. The van der Waals surface area contributed by atoms with Crippen molar-refractivity contribution in [3.05, 3.63) is 95.3 Å². The summed E-state index contributed by atoms with van der Waals surface area (Å²) in [5.41, 5.74) is 1.89. The molecule has 1 saturated carbocycles. The number of rotatable bonds is 7. The molecular weight excluding hydrogens is 650 g/mol. The number of hydrogen-bond donors (Lipinski definition) is 1. The molecule has 1 aliphatic carbocycles. The molecule has 1 unspecified atom stereocenters. The topological polar surface area (TPSA) is 102 Å². The van der Waals surface area contributed by atoms with Crippen LogP contribution < -0.4 is 15.0 Å². The van der Waals surface area contributed by atoms with E-state index in [1.807, 2.05) is 0 Å². The minimum atomic E-state index is -4.81. The smallest absolute Gasteiger partial charge is 0.406 e. The van der Waals surface area contributed by atoms with Crippen molar-refractivity contribution in [2.45, 2.75) is 31.5 Å². The second kappa shape index (κ2) is 12.2. The molecule has 6 rings (SSSR count). The van der Waals surface area contributed by atoms with Gasteiger partial charge in [-0.3, -0.25) is 9.69 Å². The highest BCUT2D eigenvalue weighted by molar-refractivity contribution is 8.15. The molecule has 0 spiro atoms. The summed E-state index contributed by atoms with van der Waals surface area (Å²) in [7, 11) is 0. The molecule has 242 valence electrons. The third kappa shape index (κ3) is 7.32. The van der Waals surface area contributed by atoms with Crippen molar-refractivity contribution in [1.82, 2.24) is 14.8 Å². The van der Waals surface area contributed by atoms with E-state index >= 15 is 0 Å². The molecule has 3 aromatic carbocycles. The van der Waals surface area contributed by atoms with Crippen LogP contribution in [0.3, 0.4) is 0 Å². The van der Waals surface area contributed by atoms with E-state index in [0.717, 1.165) is 40.4 Å². The Hall–Kier alpha value is -5.12. The predicted octanol–water partition coefficient (Wildman–Crippen LogP) is 7.57. The van der Waals surface area contributed by atoms with Gasteiger partial charge in [0.05, 0.1) is 28.7 Å². The van der Waals surface area contributed by atoms with Crippen molar-refractivity contribution in [3.8, 4) is 11.4 Å². The Bertz CT molecular complexity index is 1930. The monoisotopic (exact) mass is 672 g/mol. The van der Waals surface area contributed by atoms with Crippen LogP contribution in [0.5, 0.6) is 5.75 Å². The molecule has 1 aliphatic heterocycles. The first-order valence-corrected chi connectivity index (χ1v) is 14.8. The Morgan fingerprint density at radius 1 is 1.11 bits per heavy atom. The van der Waals surface area contributed by atoms with Crippen LogP contribution in [0.15, 0.2) is 72.0 Å². The minimum absolute atomic E-state index is 0.0131. The van der Waals surface area contributed by atoms with Crippen LogP contribution in [-0.4, -0.2) is 49.9 Å². The van der Waals surface area contributed by atoms with E-state index in [1.54, 1.807) is 25.1 Å². The Labute approximate surface area is 267 Å². The number of aryl methyl sites for hydroxylation is 1. The molecule has 1 aromatic heterocycles. The lowest BCUT2D eigenvalue weighted by Gasteiger charge is -2.20. The number of benzene rings is 3. The number of nitrogens with one attached hydrogen (secondary N) is 1. The quantitative estimate of drug-likeness (QED) is 0.203. The lowest BCUT2D eigenvalue weighted by atomic mass is 10.0. The Kier molecular flexibility index (Phi) is 8.29. The fourth-order valence-electron chi connectivity index (χ4n) is 4.79. The molecule has 3 amide bonds. The first kappa shape index (κ1) is 31.8. The van der Waals surface area contributed by atoms with Crippen LogP contribution >= 0.6 is 11.8 Å². The van der Waals surface area contributed by atoms with Gasteiger partial charge in [0.2, 0.25) is 5.91 Å². The number of aliphatic imine (C=N–C) groups is 1. The first-order chi connectivity index (χ1) is 22.3. The van der Waals surface area contributed by atoms with E-state index in [9.17, 15) is 35.9 Å². The zero-order valence-corrected chi connectivity index (χ0v) is 25.0. The number of carbonyl (C=O) groups is 2. The van der Waals surface area contributed by atoms with Crippen molar-refractivity contribution in [1.29, 1.82) is 0 Å². The number of hydrogen-bond acceptors (Lipinski definition) is 6. The maximum atomic E-state index is 14.9. The third-order valence-electron chi connectivity index (χ3n) is 7.09. The number of ether oxygens (including phenoxy) is 1. The number of thioether (sulfide) groups is 1. The van der Waals surface area contributed by atoms with Gasteiger partial charge in [-0.1, -0.05) is 36.0 Å². The molecular formula is C31H22F6N6O3S. The minimum Gasteiger partial charge on any atom is -0.406 e. The van der Waals surface area contributed by atoms with Gasteiger partial charge in [-0.05, 0) is 72.2 Å². The summed E-state index contributed by atoms with van der Waals surface area (Å²) >= 11 is 0.968. The molecule has 2 fully saturated rings. The van der Waals surface area contributed by atoms with E-state index in [-0.39, 0.29) is 45.9 Å². The fourth-order valence-corrected chi connectivity index (χ4v) is 5.65. The normalized spacial score (nSPS) is 18.3. The summed E-state index contributed by atoms with van der Waals surface area (Å²) < 4.78 is 85.1. The summed E-state index contributed by atoms with van der Waals surface area (Å²) in [6, 6.07) is 12.8. The highest BCUT2D eigenvalue weighted by atomic mass is 32.2. The summed E-state index contributed by atoms with van der Waals surface area (Å²) in [4.78, 5) is 34.7. The van der Waals surface area contributed by atoms with Crippen LogP contribution in [-0.2, 0) is 4.79 Å². The number of urea groups is 1. The number of halogens is 6. The second-order valence-electron chi connectivity index (χ2n) is 10.6. The Morgan fingerprint density at radius 2 is 1.85 bits per heavy atom. The van der Waals surface area contributed by atoms with Crippen molar-refractivity contribution >= 4 is 52.4 Å². The van der Waals surface area contributed by atoms with Crippen molar-refractivity contribution in [2.75, 3.05) is 16.0 Å². The summed E-state index contributed by atoms with van der Waals surface area (Å²) in [6.45, 7) is 1.75. The van der Waals surface area contributed by atoms with Gasteiger partial charge in [0, 0.05) is 6.42 Å². The van der Waals surface area contributed by atoms with Crippen molar-refractivity contribution in [3.63, 3.8) is 0 Å². The SMILES string of the molecule is Cc1ccc(C2CC2(F)F)c(N2C(=O)CS/C2=N\C(=O)Nc2ccc(/C=C/c3ncn(-c4ccc(OC(F)(F)F)cc4)n3)cc2F)c1. The lowest BCUT2D eigenvalue weighted by molar-refractivity contribution is -0.274. The molecule has 4 aromatic rings. The van der Waals surface area contributed by atoms with E-state index in [0.29, 0.717) is 11.3 Å². The van der Waals surface area contributed by atoms with E-state index in [1.165, 1.54) is 47.4 Å². The van der Waals surface area contributed by atoms with Crippen LogP contribution in [0.1, 0.15) is 34.9 Å². The van der Waals surface area contributed by atoms with Gasteiger partial charge in [-0.15, -0.1) is 18.3 Å². The number of anilines is 2. The number of amidine groups is 1. The fraction of sp³-hybridized carbons (Fsp3) is 0.194.